The summed E-state index contributed by atoms with van der Waals surface area (Å²) in [5.74, 6) is -0.278. The van der Waals surface area contributed by atoms with Gasteiger partial charge in [0.25, 0.3) is 0 Å². The Kier molecular flexibility index (Phi) is 2.96. The molecule has 0 aliphatic carbocycles. The van der Waals surface area contributed by atoms with E-state index in [1.165, 1.54) is 23.5 Å². The van der Waals surface area contributed by atoms with Crippen LogP contribution in [0.2, 0.25) is 0 Å². The summed E-state index contributed by atoms with van der Waals surface area (Å²) in [5, 5.41) is 12.3. The largest absolute Gasteiger partial charge is 0.411 e. The van der Waals surface area contributed by atoms with Gasteiger partial charge in [0, 0.05) is 6.20 Å². The minimum absolute atomic E-state index is 0.278. The van der Waals surface area contributed by atoms with Crippen LogP contribution in [0.25, 0.3) is 10.4 Å². The third-order valence-electron chi connectivity index (χ3n) is 2.07. The molecule has 1 aromatic carbocycles. The molecule has 0 amide bonds. The molecule has 0 aliphatic heterocycles. The lowest BCUT2D eigenvalue weighted by Crippen LogP contribution is -1.91. The minimum Gasteiger partial charge on any atom is -0.411 e. The van der Waals surface area contributed by atoms with E-state index in [-0.39, 0.29) is 5.82 Å². The van der Waals surface area contributed by atoms with Gasteiger partial charge in [-0.15, -0.1) is 11.3 Å². The number of rotatable bonds is 2. The normalized spacial score (nSPS) is 11.8. The summed E-state index contributed by atoms with van der Waals surface area (Å²) in [6.45, 7) is 1.66. The molecule has 0 spiro atoms. The summed E-state index contributed by atoms with van der Waals surface area (Å²) in [6, 6.07) is 6.30. The van der Waals surface area contributed by atoms with E-state index in [1.807, 2.05) is 6.07 Å². The first-order valence-corrected chi connectivity index (χ1v) is 5.43. The molecular weight excluding hydrogens is 227 g/mol. The Morgan fingerprint density at radius 3 is 3.00 bits per heavy atom. The van der Waals surface area contributed by atoms with Gasteiger partial charge < -0.3 is 5.21 Å². The van der Waals surface area contributed by atoms with Gasteiger partial charge in [-0.1, -0.05) is 17.3 Å². The number of aromatic nitrogens is 1. The van der Waals surface area contributed by atoms with Crippen LogP contribution in [0.1, 0.15) is 11.9 Å². The van der Waals surface area contributed by atoms with Gasteiger partial charge in [0.1, 0.15) is 16.5 Å². The van der Waals surface area contributed by atoms with Crippen LogP contribution in [-0.4, -0.2) is 15.9 Å². The van der Waals surface area contributed by atoms with Crippen molar-refractivity contribution in [2.45, 2.75) is 6.92 Å². The molecule has 2 aromatic rings. The maximum Gasteiger partial charge on any atom is 0.141 e. The molecule has 0 aliphatic rings. The number of benzene rings is 1. The molecule has 0 saturated heterocycles. The Hall–Kier alpha value is -1.75. The first-order valence-electron chi connectivity index (χ1n) is 4.61. The number of nitrogens with zero attached hydrogens (tertiary/aromatic N) is 2. The van der Waals surface area contributed by atoms with Gasteiger partial charge in [-0.3, -0.25) is 0 Å². The second-order valence-electron chi connectivity index (χ2n) is 3.23. The number of hydrogen-bond donors (Lipinski definition) is 1. The van der Waals surface area contributed by atoms with Crippen LogP contribution in [0.4, 0.5) is 4.39 Å². The van der Waals surface area contributed by atoms with Crippen molar-refractivity contribution in [2.75, 3.05) is 0 Å². The second kappa shape index (κ2) is 4.40. The zero-order valence-corrected chi connectivity index (χ0v) is 9.33. The highest BCUT2D eigenvalue weighted by atomic mass is 32.1. The lowest BCUT2D eigenvalue weighted by molar-refractivity contribution is 0.319. The van der Waals surface area contributed by atoms with Crippen LogP contribution in [-0.2, 0) is 0 Å². The Labute approximate surface area is 95.9 Å². The average Bonchev–Trinajstić information content (AvgIpc) is 2.77. The molecule has 3 nitrogen and oxygen atoms in total. The van der Waals surface area contributed by atoms with Crippen LogP contribution in [0, 0.1) is 5.82 Å². The van der Waals surface area contributed by atoms with Gasteiger partial charge in [-0.25, -0.2) is 9.37 Å². The zero-order chi connectivity index (χ0) is 11.5. The number of thiazole rings is 1. The molecule has 0 radical (unpaired) electrons. The van der Waals surface area contributed by atoms with Gasteiger partial charge >= 0.3 is 0 Å². The van der Waals surface area contributed by atoms with Crippen molar-refractivity contribution in [1.29, 1.82) is 0 Å². The van der Waals surface area contributed by atoms with Crippen molar-refractivity contribution >= 4 is 17.0 Å². The SMILES string of the molecule is C/C(=N\O)c1ncc(-c2cccc(F)c2)s1. The third kappa shape index (κ3) is 2.09. The van der Waals surface area contributed by atoms with Gasteiger partial charge in [0.2, 0.25) is 0 Å². The summed E-state index contributed by atoms with van der Waals surface area (Å²) in [4.78, 5) is 4.94. The highest BCUT2D eigenvalue weighted by Gasteiger charge is 2.07. The monoisotopic (exact) mass is 236 g/mol. The molecule has 5 heteroatoms. The highest BCUT2D eigenvalue weighted by molar-refractivity contribution is 7.17. The maximum atomic E-state index is 13.0. The molecule has 1 heterocycles. The number of oxime groups is 1. The predicted molar refractivity (Wildman–Crippen MR) is 61.5 cm³/mol. The molecule has 82 valence electrons. The second-order valence-corrected chi connectivity index (χ2v) is 4.26. The van der Waals surface area contributed by atoms with E-state index in [2.05, 4.69) is 10.1 Å². The van der Waals surface area contributed by atoms with Crippen molar-refractivity contribution < 1.29 is 9.60 Å². The van der Waals surface area contributed by atoms with Gasteiger partial charge in [0.15, 0.2) is 0 Å². The fourth-order valence-corrected chi connectivity index (χ4v) is 2.11. The van der Waals surface area contributed by atoms with E-state index < -0.39 is 0 Å². The summed E-state index contributed by atoms with van der Waals surface area (Å²) < 4.78 is 13.0. The van der Waals surface area contributed by atoms with Gasteiger partial charge in [-0.05, 0) is 24.6 Å². The Morgan fingerprint density at radius 1 is 1.50 bits per heavy atom. The molecule has 16 heavy (non-hydrogen) atoms. The van der Waals surface area contributed by atoms with E-state index >= 15 is 0 Å². The van der Waals surface area contributed by atoms with E-state index in [9.17, 15) is 4.39 Å². The van der Waals surface area contributed by atoms with Gasteiger partial charge in [-0.2, -0.15) is 0 Å². The summed E-state index contributed by atoms with van der Waals surface area (Å²) in [7, 11) is 0. The fourth-order valence-electron chi connectivity index (χ4n) is 1.26. The Balaban J connectivity index is 2.39. The molecule has 0 unspecified atom stereocenters. The molecule has 0 saturated carbocycles. The van der Waals surface area contributed by atoms with Crippen molar-refractivity contribution in [3.8, 4) is 10.4 Å². The molecule has 2 rings (SSSR count). The summed E-state index contributed by atoms with van der Waals surface area (Å²) in [6.07, 6.45) is 1.64. The van der Waals surface area contributed by atoms with Crippen molar-refractivity contribution in [1.82, 2.24) is 4.98 Å². The van der Waals surface area contributed by atoms with Crippen LogP contribution >= 0.6 is 11.3 Å². The molecule has 1 aromatic heterocycles. The quantitative estimate of drug-likeness (QED) is 0.494. The minimum atomic E-state index is -0.278. The summed E-state index contributed by atoms with van der Waals surface area (Å²) in [5.41, 5.74) is 1.22. The molecule has 0 atom stereocenters. The molecule has 1 N–H and O–H groups in total. The highest BCUT2D eigenvalue weighted by Crippen LogP contribution is 2.26. The lowest BCUT2D eigenvalue weighted by atomic mass is 10.2. The van der Waals surface area contributed by atoms with Crippen molar-refractivity contribution in [2.24, 2.45) is 5.16 Å². The van der Waals surface area contributed by atoms with Crippen molar-refractivity contribution in [3.05, 3.63) is 41.3 Å². The Morgan fingerprint density at radius 2 is 2.31 bits per heavy atom. The first kappa shape index (κ1) is 10.8. The predicted octanol–water partition coefficient (Wildman–Crippen LogP) is 3.15. The van der Waals surface area contributed by atoms with E-state index in [0.717, 1.165) is 10.4 Å². The zero-order valence-electron chi connectivity index (χ0n) is 8.51. The average molecular weight is 236 g/mol. The molecular formula is C11H9FN2OS. The van der Waals surface area contributed by atoms with Crippen LogP contribution in [0.3, 0.4) is 0 Å². The first-order chi connectivity index (χ1) is 7.70. The van der Waals surface area contributed by atoms with Crippen LogP contribution in [0.15, 0.2) is 35.6 Å². The Bertz CT molecular complexity index is 536. The number of halogens is 1. The van der Waals surface area contributed by atoms with Crippen LogP contribution < -0.4 is 0 Å². The topological polar surface area (TPSA) is 45.5 Å². The third-order valence-corrected chi connectivity index (χ3v) is 3.23. The van der Waals surface area contributed by atoms with E-state index in [4.69, 9.17) is 5.21 Å². The molecule has 0 fully saturated rings. The van der Waals surface area contributed by atoms with Crippen LogP contribution in [0.5, 0.6) is 0 Å². The smallest absolute Gasteiger partial charge is 0.141 e. The van der Waals surface area contributed by atoms with E-state index in [0.29, 0.717) is 10.7 Å². The maximum absolute atomic E-state index is 13.0. The van der Waals surface area contributed by atoms with E-state index in [1.54, 1.807) is 19.2 Å². The standard InChI is InChI=1S/C11H9FN2OS/c1-7(14-15)11-13-6-10(16-11)8-3-2-4-9(12)5-8/h2-6,15H,1H3/b14-7+. The molecule has 0 bridgehead atoms. The van der Waals surface area contributed by atoms with Gasteiger partial charge in [0.05, 0.1) is 4.88 Å². The lowest BCUT2D eigenvalue weighted by Gasteiger charge is -1.95. The number of hydrogen-bond acceptors (Lipinski definition) is 4. The summed E-state index contributed by atoms with van der Waals surface area (Å²) >= 11 is 1.36. The fraction of sp³-hybridized carbons (Fsp3) is 0.0909. The van der Waals surface area contributed by atoms with Crippen molar-refractivity contribution in [3.63, 3.8) is 0 Å².